The van der Waals surface area contributed by atoms with E-state index in [2.05, 4.69) is 12.2 Å². The number of carbonyl (C=O) groups is 1. The number of amides is 1. The number of carbonyl (C=O) groups excluding carboxylic acids is 1. The van der Waals surface area contributed by atoms with Crippen molar-refractivity contribution < 1.29 is 9.21 Å². The number of nitrogens with one attached hydrogen (secondary N) is 1. The molecule has 2 aromatic rings. The number of hydrogen-bond acceptors (Lipinski definition) is 3. The molecule has 0 spiro atoms. The number of benzene rings is 1. The molecule has 0 aliphatic heterocycles. The van der Waals surface area contributed by atoms with Crippen molar-refractivity contribution >= 4 is 16.9 Å². The molecule has 0 aliphatic carbocycles. The molecule has 2 rings (SSSR count). The average molecular weight is 273 g/mol. The largest absolute Gasteiger partial charge is 0.422 e. The van der Waals surface area contributed by atoms with E-state index >= 15 is 0 Å². The smallest absolute Gasteiger partial charge is 0.349 e. The van der Waals surface area contributed by atoms with Gasteiger partial charge in [0.05, 0.1) is 0 Å². The minimum Gasteiger partial charge on any atom is -0.422 e. The van der Waals surface area contributed by atoms with Crippen LogP contribution >= 0.6 is 0 Å². The normalized spacial score (nSPS) is 10.7. The Labute approximate surface area is 117 Å². The summed E-state index contributed by atoms with van der Waals surface area (Å²) in [6, 6.07) is 7.11. The van der Waals surface area contributed by atoms with Gasteiger partial charge in [0.1, 0.15) is 11.1 Å². The predicted octanol–water partition coefficient (Wildman–Crippen LogP) is 3.02. The third kappa shape index (κ3) is 3.26. The summed E-state index contributed by atoms with van der Waals surface area (Å²) in [6.45, 7) is 4.63. The van der Waals surface area contributed by atoms with E-state index in [9.17, 15) is 9.59 Å². The van der Waals surface area contributed by atoms with E-state index in [0.29, 0.717) is 12.1 Å². The van der Waals surface area contributed by atoms with Crippen molar-refractivity contribution in [3.05, 3.63) is 45.8 Å². The summed E-state index contributed by atoms with van der Waals surface area (Å²) in [5, 5.41) is 3.52. The van der Waals surface area contributed by atoms with E-state index in [4.69, 9.17) is 4.42 Å². The third-order valence-corrected chi connectivity index (χ3v) is 3.20. The van der Waals surface area contributed by atoms with Gasteiger partial charge in [-0.05, 0) is 31.5 Å². The van der Waals surface area contributed by atoms with Gasteiger partial charge in [0.15, 0.2) is 0 Å². The Bertz CT molecular complexity index is 673. The van der Waals surface area contributed by atoms with Crippen molar-refractivity contribution in [2.45, 2.75) is 33.1 Å². The quantitative estimate of drug-likeness (QED) is 0.673. The predicted molar refractivity (Wildman–Crippen MR) is 79.1 cm³/mol. The van der Waals surface area contributed by atoms with Crippen molar-refractivity contribution in [3.8, 4) is 0 Å². The Morgan fingerprint density at radius 3 is 2.80 bits per heavy atom. The average Bonchev–Trinajstić information content (AvgIpc) is 2.43. The number of rotatable bonds is 5. The van der Waals surface area contributed by atoms with Gasteiger partial charge in [-0.3, -0.25) is 4.79 Å². The van der Waals surface area contributed by atoms with Gasteiger partial charge in [0.25, 0.3) is 5.91 Å². The van der Waals surface area contributed by atoms with Gasteiger partial charge in [0, 0.05) is 11.9 Å². The molecular formula is C16H19NO3. The lowest BCUT2D eigenvalue weighted by Gasteiger charge is -2.05. The highest BCUT2D eigenvalue weighted by molar-refractivity contribution is 5.96. The van der Waals surface area contributed by atoms with Crippen LogP contribution in [0.15, 0.2) is 33.5 Å². The van der Waals surface area contributed by atoms with E-state index in [0.717, 1.165) is 30.2 Å². The zero-order valence-corrected chi connectivity index (χ0v) is 11.9. The first kappa shape index (κ1) is 14.3. The summed E-state index contributed by atoms with van der Waals surface area (Å²) in [4.78, 5) is 23.8. The second kappa shape index (κ2) is 6.37. The van der Waals surface area contributed by atoms with Crippen molar-refractivity contribution in [2.75, 3.05) is 6.54 Å². The van der Waals surface area contributed by atoms with Crippen LogP contribution in [-0.2, 0) is 0 Å². The third-order valence-electron chi connectivity index (χ3n) is 3.20. The van der Waals surface area contributed by atoms with Crippen LogP contribution in [0.5, 0.6) is 0 Å². The van der Waals surface area contributed by atoms with Gasteiger partial charge >= 0.3 is 5.63 Å². The molecule has 1 N–H and O–H groups in total. The summed E-state index contributed by atoms with van der Waals surface area (Å²) in [6.07, 6.45) is 3.07. The number of unbranched alkanes of at least 4 members (excludes halogenated alkanes) is 2. The Morgan fingerprint density at radius 2 is 2.05 bits per heavy atom. The zero-order chi connectivity index (χ0) is 14.5. The van der Waals surface area contributed by atoms with Crippen molar-refractivity contribution in [1.82, 2.24) is 5.32 Å². The van der Waals surface area contributed by atoms with E-state index < -0.39 is 5.63 Å². The van der Waals surface area contributed by atoms with Gasteiger partial charge in [-0.15, -0.1) is 0 Å². The highest BCUT2D eigenvalue weighted by atomic mass is 16.4. The molecule has 4 heteroatoms. The minimum absolute atomic E-state index is 0.0691. The van der Waals surface area contributed by atoms with Crippen LogP contribution in [0.25, 0.3) is 11.0 Å². The second-order valence-electron chi connectivity index (χ2n) is 4.95. The van der Waals surface area contributed by atoms with E-state index in [1.807, 2.05) is 19.1 Å². The molecule has 4 nitrogen and oxygen atoms in total. The summed E-state index contributed by atoms with van der Waals surface area (Å²) in [5.41, 5.74) is 1.04. The summed E-state index contributed by atoms with van der Waals surface area (Å²) >= 11 is 0. The first-order valence-electron chi connectivity index (χ1n) is 6.94. The standard InChI is InChI=1S/C16H19NO3/c1-3-4-5-8-17-15(18)13-10-12-9-11(2)6-7-14(12)20-16(13)19/h6-7,9-10H,3-5,8H2,1-2H3,(H,17,18). The number of fused-ring (bicyclic) bond motifs is 1. The van der Waals surface area contributed by atoms with E-state index in [1.165, 1.54) is 0 Å². The summed E-state index contributed by atoms with van der Waals surface area (Å²) in [5.74, 6) is -0.363. The van der Waals surface area contributed by atoms with Crippen LogP contribution in [0.4, 0.5) is 0 Å². The topological polar surface area (TPSA) is 59.3 Å². The van der Waals surface area contributed by atoms with Crippen molar-refractivity contribution in [3.63, 3.8) is 0 Å². The molecular weight excluding hydrogens is 254 g/mol. The molecule has 106 valence electrons. The number of hydrogen-bond donors (Lipinski definition) is 1. The Hall–Kier alpha value is -2.10. The van der Waals surface area contributed by atoms with Gasteiger partial charge in [-0.2, -0.15) is 0 Å². The van der Waals surface area contributed by atoms with Crippen LogP contribution in [0.2, 0.25) is 0 Å². The molecule has 1 aromatic carbocycles. The molecule has 0 fully saturated rings. The maximum atomic E-state index is 12.0. The molecule has 0 aliphatic rings. The molecule has 0 atom stereocenters. The first-order chi connectivity index (χ1) is 9.61. The van der Waals surface area contributed by atoms with Gasteiger partial charge < -0.3 is 9.73 Å². The summed E-state index contributed by atoms with van der Waals surface area (Å²) in [7, 11) is 0. The van der Waals surface area contributed by atoms with Gasteiger partial charge in [-0.25, -0.2) is 4.79 Å². The monoisotopic (exact) mass is 273 g/mol. The molecule has 0 bridgehead atoms. The van der Waals surface area contributed by atoms with Crippen molar-refractivity contribution in [2.24, 2.45) is 0 Å². The maximum Gasteiger partial charge on any atom is 0.349 e. The van der Waals surface area contributed by atoms with Gasteiger partial charge in [-0.1, -0.05) is 31.4 Å². The fraction of sp³-hybridized carbons (Fsp3) is 0.375. The summed E-state index contributed by atoms with van der Waals surface area (Å²) < 4.78 is 5.18. The van der Waals surface area contributed by atoms with Crippen LogP contribution in [0.1, 0.15) is 42.1 Å². The first-order valence-corrected chi connectivity index (χ1v) is 6.94. The highest BCUT2D eigenvalue weighted by Gasteiger charge is 2.13. The van der Waals surface area contributed by atoms with Crippen LogP contribution in [0.3, 0.4) is 0 Å². The Morgan fingerprint density at radius 1 is 1.25 bits per heavy atom. The Kier molecular flexibility index (Phi) is 4.56. The zero-order valence-electron chi connectivity index (χ0n) is 11.9. The van der Waals surface area contributed by atoms with Crippen LogP contribution < -0.4 is 10.9 Å². The molecule has 1 aromatic heterocycles. The van der Waals surface area contributed by atoms with E-state index in [-0.39, 0.29) is 11.5 Å². The molecule has 0 saturated carbocycles. The number of aryl methyl sites for hydroxylation is 1. The van der Waals surface area contributed by atoms with Gasteiger partial charge in [0.2, 0.25) is 0 Å². The van der Waals surface area contributed by atoms with Crippen LogP contribution in [-0.4, -0.2) is 12.5 Å². The molecule has 0 saturated heterocycles. The van der Waals surface area contributed by atoms with E-state index in [1.54, 1.807) is 12.1 Å². The second-order valence-corrected chi connectivity index (χ2v) is 4.95. The molecule has 1 heterocycles. The lowest BCUT2D eigenvalue weighted by atomic mass is 10.1. The fourth-order valence-corrected chi connectivity index (χ4v) is 2.07. The lowest BCUT2D eigenvalue weighted by Crippen LogP contribution is -2.29. The van der Waals surface area contributed by atoms with Crippen molar-refractivity contribution in [1.29, 1.82) is 0 Å². The molecule has 20 heavy (non-hydrogen) atoms. The fourth-order valence-electron chi connectivity index (χ4n) is 2.07. The molecule has 0 unspecified atom stereocenters. The molecule has 0 radical (unpaired) electrons. The SMILES string of the molecule is CCCCCNC(=O)c1cc2cc(C)ccc2oc1=O. The minimum atomic E-state index is -0.589. The lowest BCUT2D eigenvalue weighted by molar-refractivity contribution is 0.0949. The van der Waals surface area contributed by atoms with Crippen LogP contribution in [0, 0.1) is 6.92 Å². The maximum absolute atomic E-state index is 12.0. The molecule has 1 amide bonds. The Balaban J connectivity index is 2.22. The highest BCUT2D eigenvalue weighted by Crippen LogP contribution is 2.15.